The average molecular weight is 571 g/mol. The Kier molecular flexibility index (Phi) is 11.4. The molecule has 6 N–H and O–H groups in total. The number of hydrogen-bond donors (Lipinski definition) is 6. The molecule has 14 heteroatoms. The van der Waals surface area contributed by atoms with Crippen molar-refractivity contribution in [2.24, 2.45) is 0 Å². The summed E-state index contributed by atoms with van der Waals surface area (Å²) in [4.78, 5) is 49.0. The van der Waals surface area contributed by atoms with Crippen molar-refractivity contribution in [1.29, 1.82) is 0 Å². The quantitative estimate of drug-likeness (QED) is 0.146. The lowest BCUT2D eigenvalue weighted by atomic mass is 9.88. The third-order valence-electron chi connectivity index (χ3n) is 5.84. The van der Waals surface area contributed by atoms with Gasteiger partial charge in [0.05, 0.1) is 19.3 Å². The first-order valence-corrected chi connectivity index (χ1v) is 12.6. The summed E-state index contributed by atoms with van der Waals surface area (Å²) < 4.78 is 20.2. The van der Waals surface area contributed by atoms with Gasteiger partial charge in [-0.25, -0.2) is 14.4 Å². The Labute approximate surface area is 231 Å². The van der Waals surface area contributed by atoms with Crippen molar-refractivity contribution in [2.45, 2.75) is 88.4 Å². The van der Waals surface area contributed by atoms with Crippen LogP contribution in [0.5, 0.6) is 0 Å². The molecule has 0 spiro atoms. The largest absolute Gasteiger partial charge is 0.465 e. The van der Waals surface area contributed by atoms with E-state index in [4.69, 9.17) is 14.2 Å². The van der Waals surface area contributed by atoms with Gasteiger partial charge in [0.25, 0.3) is 5.79 Å². The van der Waals surface area contributed by atoms with Crippen LogP contribution < -0.4 is 10.6 Å². The highest BCUT2D eigenvalue weighted by Crippen LogP contribution is 2.31. The molecule has 1 aromatic rings. The zero-order valence-corrected chi connectivity index (χ0v) is 23.0. The minimum Gasteiger partial charge on any atom is -0.465 e. The van der Waals surface area contributed by atoms with E-state index in [9.17, 15) is 39.6 Å². The van der Waals surface area contributed by atoms with Crippen molar-refractivity contribution in [2.75, 3.05) is 13.7 Å². The first kappa shape index (κ1) is 32.9. The summed E-state index contributed by atoms with van der Waals surface area (Å²) in [5.41, 5.74) is -0.155. The number of amides is 2. The molecule has 2 amide bonds. The zero-order valence-electron chi connectivity index (χ0n) is 23.0. The predicted molar refractivity (Wildman–Crippen MR) is 136 cm³/mol. The van der Waals surface area contributed by atoms with Crippen LogP contribution in [0.2, 0.25) is 0 Å². The number of ether oxygens (including phenoxy) is 4. The van der Waals surface area contributed by atoms with Crippen molar-refractivity contribution in [3.63, 3.8) is 0 Å². The molecule has 40 heavy (non-hydrogen) atoms. The lowest BCUT2D eigenvalue weighted by Crippen LogP contribution is -2.67. The Morgan fingerprint density at radius 3 is 2.33 bits per heavy atom. The predicted octanol–water partition coefficient (Wildman–Crippen LogP) is -1.10. The lowest BCUT2D eigenvalue weighted by Gasteiger charge is -2.45. The highest BCUT2D eigenvalue weighted by molar-refractivity contribution is 5.82. The standard InChI is InChI=1S/C26H38N2O12/c1-14(29)27-19-17(30)12-26(36,23(34)37-5)39-21(19)20(32)18(31)13-38-22(33)16(11-15-9-7-6-8-10-15)28-24(35)40-25(2,3)4/h6-10,16-21,30-32,36H,11-13H2,1-5H3,(H,27,29)(H,28,35)/t16-,17-,18+,19+,20+,21+,26-/m0/s1. The number of esters is 2. The van der Waals surface area contributed by atoms with Crippen LogP contribution in [-0.4, -0.2) is 106 Å². The summed E-state index contributed by atoms with van der Waals surface area (Å²) in [5.74, 6) is -5.56. The zero-order chi connectivity index (χ0) is 30.3. The first-order chi connectivity index (χ1) is 18.6. The lowest BCUT2D eigenvalue weighted by molar-refractivity contribution is -0.296. The molecule has 1 saturated heterocycles. The monoisotopic (exact) mass is 570 g/mol. The van der Waals surface area contributed by atoms with E-state index >= 15 is 0 Å². The number of alkyl carbamates (subject to hydrolysis) is 1. The molecule has 0 aromatic heterocycles. The molecule has 0 bridgehead atoms. The molecule has 0 radical (unpaired) electrons. The van der Waals surface area contributed by atoms with E-state index in [1.807, 2.05) is 0 Å². The maximum Gasteiger partial charge on any atom is 0.408 e. The molecule has 0 saturated carbocycles. The summed E-state index contributed by atoms with van der Waals surface area (Å²) in [6, 6.07) is 6.12. The topological polar surface area (TPSA) is 210 Å². The van der Waals surface area contributed by atoms with Crippen LogP contribution in [-0.2, 0) is 39.8 Å². The Morgan fingerprint density at radius 1 is 1.15 bits per heavy atom. The summed E-state index contributed by atoms with van der Waals surface area (Å²) >= 11 is 0. The normalized spacial score (nSPS) is 25.1. The highest BCUT2D eigenvalue weighted by Gasteiger charge is 2.54. The number of nitrogens with one attached hydrogen (secondary N) is 2. The van der Waals surface area contributed by atoms with Crippen molar-refractivity contribution in [1.82, 2.24) is 10.6 Å². The molecule has 1 aromatic carbocycles. The van der Waals surface area contributed by atoms with Crippen LogP contribution in [0, 0.1) is 0 Å². The third-order valence-corrected chi connectivity index (χ3v) is 5.84. The number of methoxy groups -OCH3 is 1. The Balaban J connectivity index is 2.16. The summed E-state index contributed by atoms with van der Waals surface area (Å²) in [5, 5.41) is 47.3. The SMILES string of the molecule is COC(=O)[C@]1(O)C[C@H](O)[C@@H](NC(C)=O)[C@H]([C@H](O)[C@H](O)COC(=O)[C@H](Cc2ccccc2)NC(=O)OC(C)(C)C)O1. The third kappa shape index (κ3) is 9.41. The van der Waals surface area contributed by atoms with E-state index in [2.05, 4.69) is 15.4 Å². The summed E-state index contributed by atoms with van der Waals surface area (Å²) in [6.45, 7) is 5.25. The average Bonchev–Trinajstić information content (AvgIpc) is 2.86. The van der Waals surface area contributed by atoms with Gasteiger partial charge in [0, 0.05) is 19.8 Å². The first-order valence-electron chi connectivity index (χ1n) is 12.6. The van der Waals surface area contributed by atoms with Crippen molar-refractivity contribution in [3.05, 3.63) is 35.9 Å². The van der Waals surface area contributed by atoms with Crippen LogP contribution in [0.1, 0.15) is 39.7 Å². The van der Waals surface area contributed by atoms with Crippen LogP contribution in [0.25, 0.3) is 0 Å². The van der Waals surface area contributed by atoms with E-state index in [0.717, 1.165) is 14.0 Å². The van der Waals surface area contributed by atoms with Crippen LogP contribution in [0.3, 0.4) is 0 Å². The van der Waals surface area contributed by atoms with Crippen molar-refractivity contribution in [3.8, 4) is 0 Å². The summed E-state index contributed by atoms with van der Waals surface area (Å²) in [6.07, 6.45) is -8.74. The molecule has 7 atom stereocenters. The second-order valence-corrected chi connectivity index (χ2v) is 10.4. The highest BCUT2D eigenvalue weighted by atomic mass is 16.7. The molecular formula is C26H38N2O12. The molecule has 1 aliphatic rings. The van der Waals surface area contributed by atoms with E-state index in [1.165, 1.54) is 0 Å². The fourth-order valence-corrected chi connectivity index (χ4v) is 4.04. The van der Waals surface area contributed by atoms with Gasteiger partial charge in [0.2, 0.25) is 5.91 Å². The van der Waals surface area contributed by atoms with Gasteiger partial charge >= 0.3 is 18.0 Å². The van der Waals surface area contributed by atoms with E-state index < -0.39 is 84.9 Å². The minimum absolute atomic E-state index is 0.0201. The van der Waals surface area contributed by atoms with Crippen molar-refractivity contribution >= 4 is 23.9 Å². The van der Waals surface area contributed by atoms with Gasteiger partial charge < -0.3 is 50.0 Å². The summed E-state index contributed by atoms with van der Waals surface area (Å²) in [7, 11) is 0.965. The smallest absolute Gasteiger partial charge is 0.408 e. The maximum atomic E-state index is 12.9. The molecular weight excluding hydrogens is 532 g/mol. The number of benzene rings is 1. The van der Waals surface area contributed by atoms with E-state index in [-0.39, 0.29) is 6.42 Å². The molecule has 1 fully saturated rings. The number of carbonyl (C=O) groups excluding carboxylic acids is 4. The Hall–Kier alpha value is -3.30. The number of rotatable bonds is 10. The second-order valence-electron chi connectivity index (χ2n) is 10.4. The van der Waals surface area contributed by atoms with E-state index in [0.29, 0.717) is 5.56 Å². The Morgan fingerprint density at radius 2 is 1.77 bits per heavy atom. The fraction of sp³-hybridized carbons (Fsp3) is 0.615. The maximum absolute atomic E-state index is 12.9. The van der Waals surface area contributed by atoms with Crippen molar-refractivity contribution < 1.29 is 58.6 Å². The fourth-order valence-electron chi connectivity index (χ4n) is 4.04. The number of aliphatic hydroxyl groups excluding tert-OH is 3. The molecule has 1 aliphatic heterocycles. The second kappa shape index (κ2) is 13.9. The number of hydrogen-bond acceptors (Lipinski definition) is 12. The van der Waals surface area contributed by atoms with Gasteiger partial charge in [-0.05, 0) is 26.3 Å². The van der Waals surface area contributed by atoms with Gasteiger partial charge in [-0.3, -0.25) is 4.79 Å². The number of carbonyl (C=O) groups is 4. The van der Waals surface area contributed by atoms with Gasteiger partial charge in [-0.2, -0.15) is 0 Å². The van der Waals surface area contributed by atoms with Crippen LogP contribution >= 0.6 is 0 Å². The molecule has 14 nitrogen and oxygen atoms in total. The van der Waals surface area contributed by atoms with Crippen LogP contribution in [0.15, 0.2) is 30.3 Å². The Bertz CT molecular complexity index is 1030. The van der Waals surface area contributed by atoms with Crippen LogP contribution in [0.4, 0.5) is 4.79 Å². The molecule has 1 heterocycles. The van der Waals surface area contributed by atoms with Gasteiger partial charge in [0.1, 0.15) is 36.6 Å². The molecule has 0 aliphatic carbocycles. The minimum atomic E-state index is -2.69. The molecule has 0 unspecified atom stereocenters. The van der Waals surface area contributed by atoms with Gasteiger partial charge in [0.15, 0.2) is 0 Å². The molecule has 2 rings (SSSR count). The van der Waals surface area contributed by atoms with E-state index in [1.54, 1.807) is 51.1 Å². The molecule has 224 valence electrons. The number of aliphatic hydroxyl groups is 4. The van der Waals surface area contributed by atoms with Gasteiger partial charge in [-0.1, -0.05) is 30.3 Å². The van der Waals surface area contributed by atoms with Gasteiger partial charge in [-0.15, -0.1) is 0 Å².